The van der Waals surface area contributed by atoms with E-state index in [9.17, 15) is 9.59 Å². The number of nitrogens with zero attached hydrogens (tertiary/aromatic N) is 2. The van der Waals surface area contributed by atoms with Crippen molar-refractivity contribution in [1.29, 1.82) is 0 Å². The Morgan fingerprint density at radius 1 is 1.29 bits per heavy atom. The second-order valence-corrected chi connectivity index (χ2v) is 6.67. The van der Waals surface area contributed by atoms with E-state index >= 15 is 0 Å². The van der Waals surface area contributed by atoms with Crippen molar-refractivity contribution in [3.8, 4) is 0 Å². The molecular weight excluding hydrogens is 306 g/mol. The molecule has 24 heavy (non-hydrogen) atoms. The topological polar surface area (TPSA) is 75.3 Å². The van der Waals surface area contributed by atoms with E-state index in [1.54, 1.807) is 36.3 Å². The average Bonchev–Trinajstić information content (AvgIpc) is 3.07. The van der Waals surface area contributed by atoms with Gasteiger partial charge in [0.25, 0.3) is 5.91 Å². The van der Waals surface area contributed by atoms with Crippen molar-refractivity contribution in [2.45, 2.75) is 38.6 Å². The predicted octanol–water partition coefficient (Wildman–Crippen LogP) is 2.76. The highest BCUT2D eigenvalue weighted by Crippen LogP contribution is 2.26. The molecule has 0 bridgehead atoms. The van der Waals surface area contributed by atoms with E-state index < -0.39 is 5.97 Å². The molecule has 1 heterocycles. The molecule has 2 aromatic rings. The zero-order chi connectivity index (χ0) is 17.1. The molecule has 1 fully saturated rings. The predicted molar refractivity (Wildman–Crippen MR) is 90.6 cm³/mol. The lowest BCUT2D eigenvalue weighted by molar-refractivity contribution is -0.136. The third-order valence-corrected chi connectivity index (χ3v) is 4.93. The highest BCUT2D eigenvalue weighted by atomic mass is 16.5. The maximum Gasteiger partial charge on any atom is 0.338 e. The monoisotopic (exact) mass is 329 g/mol. The van der Waals surface area contributed by atoms with Gasteiger partial charge >= 0.3 is 5.97 Å². The van der Waals surface area contributed by atoms with E-state index in [0.29, 0.717) is 5.56 Å². The molecule has 0 spiro atoms. The largest absolute Gasteiger partial charge is 0.452 e. The van der Waals surface area contributed by atoms with Crippen LogP contribution in [0.5, 0.6) is 0 Å². The Balaban J connectivity index is 1.54. The van der Waals surface area contributed by atoms with E-state index in [2.05, 4.69) is 17.1 Å². The molecule has 6 heteroatoms. The van der Waals surface area contributed by atoms with E-state index in [0.717, 1.165) is 42.5 Å². The number of hydrogen-bond acceptors (Lipinski definition) is 4. The SMILES string of the molecule is CC1CCC(N(C)C(=O)COC(=O)c2ccc3[nH]ncc3c2)CC1. The molecule has 1 amide bonds. The number of hydrogen-bond donors (Lipinski definition) is 1. The number of ether oxygens (including phenoxy) is 1. The molecule has 1 saturated carbocycles. The number of esters is 1. The Bertz CT molecular complexity index is 732. The van der Waals surface area contributed by atoms with Gasteiger partial charge in [0, 0.05) is 18.5 Å². The lowest BCUT2D eigenvalue weighted by atomic mass is 9.87. The van der Waals surface area contributed by atoms with Gasteiger partial charge in [-0.3, -0.25) is 9.89 Å². The number of rotatable bonds is 4. The highest BCUT2D eigenvalue weighted by Gasteiger charge is 2.25. The number of H-pyrrole nitrogens is 1. The first kappa shape index (κ1) is 16.5. The fourth-order valence-corrected chi connectivity index (χ4v) is 3.22. The van der Waals surface area contributed by atoms with Gasteiger partial charge in [-0.25, -0.2) is 4.79 Å². The molecule has 1 aromatic carbocycles. The van der Waals surface area contributed by atoms with Crippen LogP contribution in [-0.2, 0) is 9.53 Å². The van der Waals surface area contributed by atoms with Crippen LogP contribution in [0.1, 0.15) is 43.0 Å². The molecule has 0 unspecified atom stereocenters. The Morgan fingerprint density at radius 2 is 2.04 bits per heavy atom. The quantitative estimate of drug-likeness (QED) is 0.875. The van der Waals surface area contributed by atoms with Gasteiger partial charge in [0.2, 0.25) is 0 Å². The third-order valence-electron chi connectivity index (χ3n) is 4.93. The summed E-state index contributed by atoms with van der Waals surface area (Å²) in [7, 11) is 1.80. The Kier molecular flexibility index (Phi) is 4.83. The van der Waals surface area contributed by atoms with Crippen LogP contribution in [0.4, 0.5) is 0 Å². The molecule has 128 valence electrons. The minimum Gasteiger partial charge on any atom is -0.452 e. The number of aromatic amines is 1. The van der Waals surface area contributed by atoms with Crippen LogP contribution in [0.3, 0.4) is 0 Å². The first-order chi connectivity index (χ1) is 11.5. The van der Waals surface area contributed by atoms with Gasteiger partial charge in [-0.15, -0.1) is 0 Å². The van der Waals surface area contributed by atoms with Crippen LogP contribution in [0.25, 0.3) is 10.9 Å². The summed E-state index contributed by atoms with van der Waals surface area (Å²) in [6.07, 6.45) is 5.98. The van der Waals surface area contributed by atoms with Crippen molar-refractivity contribution in [1.82, 2.24) is 15.1 Å². The first-order valence-corrected chi connectivity index (χ1v) is 8.40. The fraction of sp³-hybridized carbons (Fsp3) is 0.500. The maximum absolute atomic E-state index is 12.3. The number of amides is 1. The molecule has 3 rings (SSSR count). The second kappa shape index (κ2) is 7.03. The van der Waals surface area contributed by atoms with Gasteiger partial charge in [-0.05, 0) is 49.8 Å². The summed E-state index contributed by atoms with van der Waals surface area (Å²) in [5, 5.41) is 7.58. The maximum atomic E-state index is 12.3. The summed E-state index contributed by atoms with van der Waals surface area (Å²) in [6, 6.07) is 5.41. The van der Waals surface area contributed by atoms with E-state index in [1.165, 1.54) is 0 Å². The second-order valence-electron chi connectivity index (χ2n) is 6.67. The van der Waals surface area contributed by atoms with E-state index in [1.807, 2.05) is 0 Å². The summed E-state index contributed by atoms with van der Waals surface area (Å²) in [5.41, 5.74) is 1.28. The molecule has 0 radical (unpaired) electrons. The van der Waals surface area contributed by atoms with Crippen LogP contribution in [-0.4, -0.2) is 46.7 Å². The third kappa shape index (κ3) is 3.58. The average molecular weight is 329 g/mol. The molecule has 0 atom stereocenters. The van der Waals surface area contributed by atoms with Crippen molar-refractivity contribution in [3.05, 3.63) is 30.0 Å². The molecule has 1 N–H and O–H groups in total. The molecule has 0 aliphatic heterocycles. The van der Waals surface area contributed by atoms with Crippen LogP contribution >= 0.6 is 0 Å². The number of benzene rings is 1. The normalized spacial score (nSPS) is 20.8. The van der Waals surface area contributed by atoms with Crippen molar-refractivity contribution in [2.75, 3.05) is 13.7 Å². The summed E-state index contributed by atoms with van der Waals surface area (Å²) in [5.74, 6) is 0.102. The Morgan fingerprint density at radius 3 is 2.79 bits per heavy atom. The zero-order valence-corrected chi connectivity index (χ0v) is 14.1. The van der Waals surface area contributed by atoms with Gasteiger partial charge in [0.1, 0.15) is 0 Å². The number of carbonyl (C=O) groups is 2. The van der Waals surface area contributed by atoms with E-state index in [4.69, 9.17) is 4.74 Å². The highest BCUT2D eigenvalue weighted by molar-refractivity contribution is 5.95. The lowest BCUT2D eigenvalue weighted by Crippen LogP contribution is -2.41. The van der Waals surface area contributed by atoms with Gasteiger partial charge in [0.15, 0.2) is 6.61 Å². The van der Waals surface area contributed by atoms with Gasteiger partial charge < -0.3 is 9.64 Å². The summed E-state index contributed by atoms with van der Waals surface area (Å²) in [4.78, 5) is 26.1. The molecule has 1 aromatic heterocycles. The summed E-state index contributed by atoms with van der Waals surface area (Å²) < 4.78 is 5.19. The molecule has 6 nitrogen and oxygen atoms in total. The summed E-state index contributed by atoms with van der Waals surface area (Å²) in [6.45, 7) is 2.03. The Hall–Kier alpha value is -2.37. The van der Waals surface area contributed by atoms with Crippen molar-refractivity contribution in [3.63, 3.8) is 0 Å². The lowest BCUT2D eigenvalue weighted by Gasteiger charge is -2.33. The van der Waals surface area contributed by atoms with Crippen LogP contribution in [0, 0.1) is 5.92 Å². The minimum absolute atomic E-state index is 0.146. The van der Waals surface area contributed by atoms with Gasteiger partial charge in [0.05, 0.1) is 17.3 Å². The molecule has 1 aliphatic carbocycles. The van der Waals surface area contributed by atoms with Crippen molar-refractivity contribution in [2.24, 2.45) is 5.92 Å². The van der Waals surface area contributed by atoms with Gasteiger partial charge in [-0.1, -0.05) is 6.92 Å². The molecule has 1 aliphatic rings. The first-order valence-electron chi connectivity index (χ1n) is 8.40. The minimum atomic E-state index is -0.489. The van der Waals surface area contributed by atoms with Crippen LogP contribution < -0.4 is 0 Å². The van der Waals surface area contributed by atoms with E-state index in [-0.39, 0.29) is 18.6 Å². The number of fused-ring (bicyclic) bond motifs is 1. The standard InChI is InChI=1S/C18H23N3O3/c1-12-3-6-15(7-4-12)21(2)17(22)11-24-18(23)13-5-8-16-14(9-13)10-19-20-16/h5,8-10,12,15H,3-4,6-7,11H2,1-2H3,(H,19,20). The van der Waals surface area contributed by atoms with Crippen LogP contribution in [0.15, 0.2) is 24.4 Å². The number of aromatic nitrogens is 2. The smallest absolute Gasteiger partial charge is 0.338 e. The number of likely N-dealkylation sites (N-methyl/N-ethyl adjacent to an activating group) is 1. The Labute approximate surface area is 141 Å². The van der Waals surface area contributed by atoms with Gasteiger partial charge in [-0.2, -0.15) is 5.10 Å². The number of carbonyl (C=O) groups excluding carboxylic acids is 2. The van der Waals surface area contributed by atoms with Crippen molar-refractivity contribution < 1.29 is 14.3 Å². The van der Waals surface area contributed by atoms with Crippen molar-refractivity contribution >= 4 is 22.8 Å². The zero-order valence-electron chi connectivity index (χ0n) is 14.1. The molecule has 0 saturated heterocycles. The molecular formula is C18H23N3O3. The summed E-state index contributed by atoms with van der Waals surface area (Å²) >= 11 is 0. The fourth-order valence-electron chi connectivity index (χ4n) is 3.22. The number of nitrogens with one attached hydrogen (secondary N) is 1. The van der Waals surface area contributed by atoms with Crippen LogP contribution in [0.2, 0.25) is 0 Å².